The standard InChI is InChI=1S/C29H27FN4O3/c1-19(31-2)27(35)32-25-16-17-26(20-8-5-4-6-9-20)34(29(25)37)28(36)21-10-7-11-24(18-21)33(3)23-14-12-22(30)13-15-23/h4-19,31H,1-3H3,(H,32,35). The smallest absolute Gasteiger partial charge is 0.281 e. The number of pyridine rings is 1. The number of amides is 1. The van der Waals surface area contributed by atoms with Crippen LogP contribution < -0.4 is 21.1 Å². The number of anilines is 3. The quantitative estimate of drug-likeness (QED) is 0.387. The zero-order valence-electron chi connectivity index (χ0n) is 20.7. The van der Waals surface area contributed by atoms with Crippen LogP contribution >= 0.6 is 0 Å². The number of hydrogen-bond acceptors (Lipinski definition) is 5. The summed E-state index contributed by atoms with van der Waals surface area (Å²) in [6.45, 7) is 1.67. The van der Waals surface area contributed by atoms with Crippen molar-refractivity contribution in [3.8, 4) is 11.3 Å². The summed E-state index contributed by atoms with van der Waals surface area (Å²) in [5.41, 5.74) is 2.12. The highest BCUT2D eigenvalue weighted by Gasteiger charge is 2.21. The molecule has 3 aromatic carbocycles. The van der Waals surface area contributed by atoms with E-state index < -0.39 is 23.4 Å². The number of nitrogens with one attached hydrogen (secondary N) is 2. The van der Waals surface area contributed by atoms with Gasteiger partial charge in [-0.1, -0.05) is 36.4 Å². The molecule has 0 bridgehead atoms. The Hall–Kier alpha value is -4.56. The Labute approximate surface area is 214 Å². The van der Waals surface area contributed by atoms with Crippen LogP contribution in [0.1, 0.15) is 17.3 Å². The number of benzene rings is 3. The summed E-state index contributed by atoms with van der Waals surface area (Å²) in [7, 11) is 3.44. The molecule has 4 aromatic rings. The monoisotopic (exact) mass is 498 g/mol. The normalized spacial score (nSPS) is 11.6. The number of likely N-dealkylation sites (N-methyl/N-ethyl adjacent to an activating group) is 1. The molecule has 7 nitrogen and oxygen atoms in total. The molecule has 4 rings (SSSR count). The van der Waals surface area contributed by atoms with Crippen molar-refractivity contribution in [3.05, 3.63) is 113 Å². The summed E-state index contributed by atoms with van der Waals surface area (Å²) in [5, 5.41) is 5.44. The van der Waals surface area contributed by atoms with Gasteiger partial charge in [-0.3, -0.25) is 14.4 Å². The van der Waals surface area contributed by atoms with Crippen molar-refractivity contribution in [3.63, 3.8) is 0 Å². The Morgan fingerprint density at radius 1 is 0.892 bits per heavy atom. The molecular weight excluding hydrogens is 471 g/mol. The highest BCUT2D eigenvalue weighted by Crippen LogP contribution is 2.26. The topological polar surface area (TPSA) is 83.4 Å². The number of nitrogens with zero attached hydrogens (tertiary/aromatic N) is 2. The van der Waals surface area contributed by atoms with Crippen molar-refractivity contribution in [2.24, 2.45) is 0 Å². The van der Waals surface area contributed by atoms with Crippen molar-refractivity contribution in [2.45, 2.75) is 13.0 Å². The maximum absolute atomic E-state index is 13.8. The molecule has 1 atom stereocenters. The number of halogens is 1. The maximum atomic E-state index is 13.8. The number of carbonyl (C=O) groups excluding carboxylic acids is 2. The summed E-state index contributed by atoms with van der Waals surface area (Å²) in [5.74, 6) is -1.28. The van der Waals surface area contributed by atoms with Crippen molar-refractivity contribution in [1.82, 2.24) is 9.88 Å². The van der Waals surface area contributed by atoms with E-state index in [4.69, 9.17) is 0 Å². The van der Waals surface area contributed by atoms with Gasteiger partial charge in [-0.15, -0.1) is 0 Å². The minimum Gasteiger partial charge on any atom is -0.345 e. The summed E-state index contributed by atoms with van der Waals surface area (Å²) in [4.78, 5) is 41.6. The fourth-order valence-electron chi connectivity index (χ4n) is 3.83. The van der Waals surface area contributed by atoms with Crippen LogP contribution in [0.4, 0.5) is 21.5 Å². The fraction of sp³-hybridized carbons (Fsp3) is 0.138. The molecule has 0 fully saturated rings. The van der Waals surface area contributed by atoms with Gasteiger partial charge < -0.3 is 15.5 Å². The van der Waals surface area contributed by atoms with E-state index in [-0.39, 0.29) is 17.1 Å². The SMILES string of the molecule is CNC(C)C(=O)Nc1ccc(-c2ccccc2)n(C(=O)c2cccc(N(C)c3ccc(F)cc3)c2)c1=O. The lowest BCUT2D eigenvalue weighted by atomic mass is 10.1. The van der Waals surface area contributed by atoms with E-state index in [1.807, 2.05) is 29.2 Å². The summed E-state index contributed by atoms with van der Waals surface area (Å²) in [6, 6.07) is 24.5. The highest BCUT2D eigenvalue weighted by molar-refractivity contribution is 6.00. The average Bonchev–Trinajstić information content (AvgIpc) is 2.93. The summed E-state index contributed by atoms with van der Waals surface area (Å²) in [6.07, 6.45) is 0. The Morgan fingerprint density at radius 3 is 2.27 bits per heavy atom. The van der Waals surface area contributed by atoms with Crippen LogP contribution in [0.3, 0.4) is 0 Å². The number of aromatic nitrogens is 1. The van der Waals surface area contributed by atoms with Crippen LogP contribution in [-0.4, -0.2) is 36.5 Å². The van der Waals surface area contributed by atoms with Gasteiger partial charge in [0.15, 0.2) is 0 Å². The molecule has 1 heterocycles. The van der Waals surface area contributed by atoms with Gasteiger partial charge in [-0.2, -0.15) is 0 Å². The molecule has 0 spiro atoms. The highest BCUT2D eigenvalue weighted by atomic mass is 19.1. The van der Waals surface area contributed by atoms with Crippen molar-refractivity contribution < 1.29 is 14.0 Å². The van der Waals surface area contributed by atoms with Crippen molar-refractivity contribution in [1.29, 1.82) is 0 Å². The maximum Gasteiger partial charge on any atom is 0.281 e. The van der Waals surface area contributed by atoms with Gasteiger partial charge in [0.05, 0.1) is 11.7 Å². The van der Waals surface area contributed by atoms with Crippen LogP contribution in [0.5, 0.6) is 0 Å². The van der Waals surface area contributed by atoms with Gasteiger partial charge >= 0.3 is 0 Å². The van der Waals surface area contributed by atoms with Crippen LogP contribution in [0.2, 0.25) is 0 Å². The molecule has 1 amide bonds. The average molecular weight is 499 g/mol. The Kier molecular flexibility index (Phi) is 7.60. The van der Waals surface area contributed by atoms with Crippen LogP contribution in [0, 0.1) is 5.82 Å². The number of carbonyl (C=O) groups is 2. The molecule has 37 heavy (non-hydrogen) atoms. The molecule has 8 heteroatoms. The second-order valence-electron chi connectivity index (χ2n) is 8.53. The van der Waals surface area contributed by atoms with Gasteiger partial charge in [0.25, 0.3) is 11.5 Å². The van der Waals surface area contributed by atoms with Gasteiger partial charge in [0.1, 0.15) is 11.5 Å². The molecule has 0 aliphatic heterocycles. The minimum absolute atomic E-state index is 0.000263. The predicted molar refractivity (Wildman–Crippen MR) is 144 cm³/mol. The van der Waals surface area contributed by atoms with E-state index in [0.29, 0.717) is 16.9 Å². The molecule has 0 radical (unpaired) electrons. The summed E-state index contributed by atoms with van der Waals surface area (Å²) >= 11 is 0. The van der Waals surface area contributed by atoms with Crippen LogP contribution in [0.15, 0.2) is 95.8 Å². The first-order valence-corrected chi connectivity index (χ1v) is 11.7. The lowest BCUT2D eigenvalue weighted by Gasteiger charge is -2.20. The van der Waals surface area contributed by atoms with E-state index in [0.717, 1.165) is 10.3 Å². The fourth-order valence-corrected chi connectivity index (χ4v) is 3.83. The number of rotatable bonds is 7. The first-order valence-electron chi connectivity index (χ1n) is 11.7. The molecule has 1 unspecified atom stereocenters. The molecule has 0 saturated carbocycles. The van der Waals surface area contributed by atoms with Crippen LogP contribution in [0.25, 0.3) is 11.3 Å². The van der Waals surface area contributed by atoms with E-state index in [1.54, 1.807) is 69.6 Å². The minimum atomic E-state index is -0.639. The van der Waals surface area contributed by atoms with Gasteiger partial charge in [-0.05, 0) is 74.1 Å². The van der Waals surface area contributed by atoms with Gasteiger partial charge in [-0.25, -0.2) is 8.96 Å². The van der Waals surface area contributed by atoms with E-state index in [9.17, 15) is 18.8 Å². The zero-order valence-corrected chi connectivity index (χ0v) is 20.7. The van der Waals surface area contributed by atoms with Crippen molar-refractivity contribution >= 4 is 28.9 Å². The third-order valence-corrected chi connectivity index (χ3v) is 6.13. The van der Waals surface area contributed by atoms with Crippen LogP contribution in [-0.2, 0) is 4.79 Å². The molecule has 188 valence electrons. The molecule has 0 aliphatic rings. The van der Waals surface area contributed by atoms with Crippen molar-refractivity contribution in [2.75, 3.05) is 24.3 Å². The lowest BCUT2D eigenvalue weighted by molar-refractivity contribution is -0.117. The Balaban J connectivity index is 1.79. The molecule has 0 saturated heterocycles. The molecule has 0 aliphatic carbocycles. The number of hydrogen-bond donors (Lipinski definition) is 2. The first-order chi connectivity index (χ1) is 17.8. The van der Waals surface area contributed by atoms with E-state index in [2.05, 4.69) is 10.6 Å². The lowest BCUT2D eigenvalue weighted by Crippen LogP contribution is -2.38. The largest absolute Gasteiger partial charge is 0.345 e. The Morgan fingerprint density at radius 2 is 1.59 bits per heavy atom. The predicted octanol–water partition coefficient (Wildman–Crippen LogP) is 4.66. The third kappa shape index (κ3) is 5.49. The van der Waals surface area contributed by atoms with E-state index >= 15 is 0 Å². The molecule has 2 N–H and O–H groups in total. The van der Waals surface area contributed by atoms with Gasteiger partial charge in [0.2, 0.25) is 5.91 Å². The second-order valence-corrected chi connectivity index (χ2v) is 8.53. The van der Waals surface area contributed by atoms with E-state index in [1.165, 1.54) is 18.2 Å². The summed E-state index contributed by atoms with van der Waals surface area (Å²) < 4.78 is 14.5. The first kappa shape index (κ1) is 25.5. The molecule has 1 aromatic heterocycles. The zero-order chi connectivity index (χ0) is 26.5. The Bertz CT molecular complexity index is 1480. The second kappa shape index (κ2) is 11.0. The molecular formula is C29H27FN4O3. The van der Waals surface area contributed by atoms with Gasteiger partial charge in [0, 0.05) is 24.0 Å². The third-order valence-electron chi connectivity index (χ3n) is 6.13.